The normalized spacial score (nSPS) is 10.3. The van der Waals surface area contributed by atoms with Gasteiger partial charge in [-0.25, -0.2) is 0 Å². The van der Waals surface area contributed by atoms with E-state index in [-0.39, 0.29) is 5.78 Å². The number of carbonyl (C=O) groups excluding carboxylic acids is 1. The van der Waals surface area contributed by atoms with Crippen molar-refractivity contribution in [2.75, 3.05) is 0 Å². The van der Waals surface area contributed by atoms with E-state index < -0.39 is 20.9 Å². The first kappa shape index (κ1) is 14.1. The molecule has 1 nitrogen and oxygen atoms in total. The molecule has 2 heteroatoms. The van der Waals surface area contributed by atoms with Crippen molar-refractivity contribution in [1.29, 1.82) is 0 Å². The first-order chi connectivity index (χ1) is 10.3. The van der Waals surface area contributed by atoms with Gasteiger partial charge >= 0.3 is 135 Å². The van der Waals surface area contributed by atoms with Gasteiger partial charge in [-0.15, -0.1) is 0 Å². The molecule has 3 aromatic carbocycles. The van der Waals surface area contributed by atoms with Crippen molar-refractivity contribution >= 4 is 33.9 Å². The minimum absolute atomic E-state index is 0.0953. The van der Waals surface area contributed by atoms with E-state index in [1.807, 2.05) is 54.6 Å². The number of rotatable bonds is 4. The third kappa shape index (κ3) is 3.61. The van der Waals surface area contributed by atoms with E-state index >= 15 is 0 Å². The van der Waals surface area contributed by atoms with Crippen LogP contribution in [-0.4, -0.2) is 26.7 Å². The summed E-state index contributed by atoms with van der Waals surface area (Å²) in [6.45, 7) is 0. The van der Waals surface area contributed by atoms with Gasteiger partial charge < -0.3 is 0 Å². The Morgan fingerprint density at radius 1 is 0.619 bits per heavy atom. The van der Waals surface area contributed by atoms with Crippen molar-refractivity contribution in [3.05, 3.63) is 96.1 Å². The van der Waals surface area contributed by atoms with E-state index in [9.17, 15) is 4.79 Å². The quantitative estimate of drug-likeness (QED) is 0.498. The van der Waals surface area contributed by atoms with E-state index in [1.165, 1.54) is 7.22 Å². The number of carbonyl (C=O) groups is 1. The third-order valence-electron chi connectivity index (χ3n) is 3.11. The Morgan fingerprint density at radius 2 is 1.19 bits per heavy atom. The Balaban J connectivity index is 1.85. The summed E-state index contributed by atoms with van der Waals surface area (Å²) in [5.41, 5.74) is 1.52. The predicted molar refractivity (Wildman–Crippen MR) is 87.8 cm³/mol. The van der Waals surface area contributed by atoms with E-state index in [1.54, 1.807) is 0 Å². The third-order valence-corrected chi connectivity index (χ3v) is 5.96. The monoisotopic (exact) mass is 388 g/mol. The molecule has 0 heterocycles. The second-order valence-corrected chi connectivity index (χ2v) is 7.91. The second kappa shape index (κ2) is 6.72. The molecule has 0 spiro atoms. The topological polar surface area (TPSA) is 17.1 Å². The summed E-state index contributed by atoms with van der Waals surface area (Å²) in [5, 5.41) is 0. The second-order valence-electron chi connectivity index (χ2n) is 4.64. The molecule has 0 radical (unpaired) electrons. The van der Waals surface area contributed by atoms with Gasteiger partial charge in [0, 0.05) is 0 Å². The van der Waals surface area contributed by atoms with Crippen molar-refractivity contribution in [2.45, 2.75) is 0 Å². The van der Waals surface area contributed by atoms with Crippen LogP contribution in [0.5, 0.6) is 0 Å². The minimum atomic E-state index is -0.432. The molecule has 0 saturated carbocycles. The van der Waals surface area contributed by atoms with Gasteiger partial charge in [-0.3, -0.25) is 0 Å². The summed E-state index contributed by atoms with van der Waals surface area (Å²) in [5.74, 6) is 0.0953. The van der Waals surface area contributed by atoms with Gasteiger partial charge in [-0.2, -0.15) is 0 Å². The average molecular weight is 386 g/mol. The zero-order valence-electron chi connectivity index (χ0n) is 11.4. The fraction of sp³-hybridized carbons (Fsp3) is 0. The molecule has 0 atom stereocenters. The molecular weight excluding hydrogens is 372 g/mol. The Kier molecular flexibility index (Phi) is 4.50. The number of hydrogen-bond acceptors (Lipinski definition) is 1. The molecule has 0 aliphatic carbocycles. The van der Waals surface area contributed by atoms with Gasteiger partial charge in [0.2, 0.25) is 0 Å². The molecule has 102 valence electrons. The zero-order valence-corrected chi connectivity index (χ0v) is 13.7. The maximum atomic E-state index is 12.5. The van der Waals surface area contributed by atoms with Crippen LogP contribution in [0.15, 0.2) is 84.9 Å². The standard InChI is InChI=1S/C19H14OTe/c20-19(15-8-3-1-4-9-15)16-10-7-13-18(14-16)21-17-11-5-2-6-12-17/h1-14H. The van der Waals surface area contributed by atoms with Crippen LogP contribution < -0.4 is 7.22 Å². The van der Waals surface area contributed by atoms with Gasteiger partial charge in [0.1, 0.15) is 0 Å². The van der Waals surface area contributed by atoms with Crippen LogP contribution >= 0.6 is 0 Å². The summed E-state index contributed by atoms with van der Waals surface area (Å²) >= 11 is -0.432. The molecule has 0 fully saturated rings. The van der Waals surface area contributed by atoms with Crippen molar-refractivity contribution in [2.24, 2.45) is 0 Å². The number of hydrogen-bond donors (Lipinski definition) is 0. The van der Waals surface area contributed by atoms with Crippen LogP contribution in [0.25, 0.3) is 0 Å². The van der Waals surface area contributed by atoms with Crippen LogP contribution in [0.4, 0.5) is 0 Å². The Labute approximate surface area is 134 Å². The van der Waals surface area contributed by atoms with E-state index in [2.05, 4.69) is 30.3 Å². The summed E-state index contributed by atoms with van der Waals surface area (Å²) in [4.78, 5) is 12.5. The van der Waals surface area contributed by atoms with Crippen LogP contribution in [0.1, 0.15) is 15.9 Å². The number of benzene rings is 3. The van der Waals surface area contributed by atoms with Crippen molar-refractivity contribution in [3.63, 3.8) is 0 Å². The van der Waals surface area contributed by atoms with Gasteiger partial charge in [0.15, 0.2) is 0 Å². The molecule has 0 aromatic heterocycles. The summed E-state index contributed by atoms with van der Waals surface area (Å²) in [6, 6.07) is 28.0. The van der Waals surface area contributed by atoms with Crippen LogP contribution in [0, 0.1) is 0 Å². The summed E-state index contributed by atoms with van der Waals surface area (Å²) in [7, 11) is 0. The summed E-state index contributed by atoms with van der Waals surface area (Å²) < 4.78 is 2.67. The molecule has 21 heavy (non-hydrogen) atoms. The number of ketones is 1. The molecule has 3 aromatic rings. The molecule has 0 unspecified atom stereocenters. The van der Waals surface area contributed by atoms with Gasteiger partial charge in [0.25, 0.3) is 0 Å². The fourth-order valence-electron chi connectivity index (χ4n) is 2.08. The zero-order chi connectivity index (χ0) is 14.5. The molecule has 0 N–H and O–H groups in total. The van der Waals surface area contributed by atoms with Crippen LogP contribution in [0.3, 0.4) is 0 Å². The van der Waals surface area contributed by atoms with Crippen molar-refractivity contribution in [3.8, 4) is 0 Å². The van der Waals surface area contributed by atoms with Gasteiger partial charge in [-0.1, -0.05) is 0 Å². The molecule has 3 rings (SSSR count). The first-order valence-electron chi connectivity index (χ1n) is 6.76. The summed E-state index contributed by atoms with van der Waals surface area (Å²) in [6.07, 6.45) is 0. The van der Waals surface area contributed by atoms with Gasteiger partial charge in [-0.05, 0) is 0 Å². The van der Waals surface area contributed by atoms with Crippen LogP contribution in [-0.2, 0) is 0 Å². The molecule has 0 aliphatic heterocycles. The fourth-order valence-corrected chi connectivity index (χ4v) is 4.64. The molecule has 0 amide bonds. The maximum absolute atomic E-state index is 12.5. The van der Waals surface area contributed by atoms with Crippen LogP contribution in [0.2, 0.25) is 0 Å². The first-order valence-corrected chi connectivity index (χ1v) is 9.09. The van der Waals surface area contributed by atoms with Crippen molar-refractivity contribution in [1.82, 2.24) is 0 Å². The Morgan fingerprint density at radius 3 is 1.90 bits per heavy atom. The predicted octanol–water partition coefficient (Wildman–Crippen LogP) is 2.57. The van der Waals surface area contributed by atoms with E-state index in [0.29, 0.717) is 0 Å². The van der Waals surface area contributed by atoms with E-state index in [4.69, 9.17) is 0 Å². The van der Waals surface area contributed by atoms with Gasteiger partial charge in [0.05, 0.1) is 0 Å². The average Bonchev–Trinajstić information content (AvgIpc) is 2.56. The molecule has 0 bridgehead atoms. The Hall–Kier alpha value is -1.88. The molecule has 0 saturated heterocycles. The Bertz CT molecular complexity index is 736. The SMILES string of the molecule is O=C(c1ccccc1)c1cccc([Te]c2ccccc2)c1. The molecular formula is C19H14OTe. The van der Waals surface area contributed by atoms with E-state index in [0.717, 1.165) is 11.1 Å². The van der Waals surface area contributed by atoms with Crippen molar-refractivity contribution < 1.29 is 4.79 Å². The molecule has 0 aliphatic rings.